The highest BCUT2D eigenvalue weighted by molar-refractivity contribution is 5.86. The highest BCUT2D eigenvalue weighted by atomic mass is 19.1. The maximum atomic E-state index is 15.6. The van der Waals surface area contributed by atoms with E-state index in [2.05, 4.69) is 19.1 Å². The number of hydrogen-bond donors (Lipinski definition) is 0. The van der Waals surface area contributed by atoms with Crippen molar-refractivity contribution in [1.29, 1.82) is 0 Å². The van der Waals surface area contributed by atoms with Gasteiger partial charge in [-0.2, -0.15) is 0 Å². The lowest BCUT2D eigenvalue weighted by Gasteiger charge is -2.32. The summed E-state index contributed by atoms with van der Waals surface area (Å²) in [5, 5.41) is 0. The third-order valence-electron chi connectivity index (χ3n) is 7.14. The standard InChI is InChI=1S/C30H28FNO/c1-30-19-9-8-14-26(30)28(32(29(30)33)21-24-12-6-3-7-13-24)25-18-17-23(20-27(25)31)16-15-22-10-4-2-5-11-22/h2-8,10-18,20,26,28H,9,19,21H2,1H3/t26?,28?,30-/m1/s1. The molecule has 3 heteroatoms. The molecule has 2 aliphatic rings. The van der Waals surface area contributed by atoms with Gasteiger partial charge in [-0.05, 0) is 35.6 Å². The number of nitrogens with zero attached hydrogens (tertiary/aromatic N) is 1. The lowest BCUT2D eigenvalue weighted by molar-refractivity contribution is -0.137. The molecule has 1 heterocycles. The molecular formula is C30H28FNO. The van der Waals surface area contributed by atoms with E-state index in [0.29, 0.717) is 12.1 Å². The highest BCUT2D eigenvalue weighted by Gasteiger charge is 2.56. The third-order valence-corrected chi connectivity index (χ3v) is 7.14. The Morgan fingerprint density at radius 3 is 2.39 bits per heavy atom. The van der Waals surface area contributed by atoms with Gasteiger partial charge in [0.25, 0.3) is 0 Å². The summed E-state index contributed by atoms with van der Waals surface area (Å²) in [6.45, 7) is 2.54. The number of amides is 1. The first-order valence-corrected chi connectivity index (χ1v) is 11.6. The highest BCUT2D eigenvalue weighted by Crippen LogP contribution is 2.54. The predicted molar refractivity (Wildman–Crippen MR) is 131 cm³/mol. The zero-order valence-electron chi connectivity index (χ0n) is 18.8. The molecule has 0 radical (unpaired) electrons. The Morgan fingerprint density at radius 2 is 1.67 bits per heavy atom. The SMILES string of the molecule is C[C@@]12CCC=CC1C(c1ccc(C=Cc3ccccc3)cc1F)N(Cc1ccccc1)C2=O. The average Bonchev–Trinajstić information content (AvgIpc) is 3.06. The van der Waals surface area contributed by atoms with Crippen LogP contribution in [0.2, 0.25) is 0 Å². The van der Waals surface area contributed by atoms with Gasteiger partial charge < -0.3 is 4.90 Å². The molecule has 1 aliphatic carbocycles. The molecule has 1 aliphatic heterocycles. The maximum absolute atomic E-state index is 15.6. The van der Waals surface area contributed by atoms with Gasteiger partial charge in [0.15, 0.2) is 0 Å². The van der Waals surface area contributed by atoms with Crippen LogP contribution in [0.1, 0.15) is 48.1 Å². The van der Waals surface area contributed by atoms with E-state index >= 15 is 4.39 Å². The zero-order chi connectivity index (χ0) is 22.8. The van der Waals surface area contributed by atoms with Crippen LogP contribution in [-0.4, -0.2) is 10.8 Å². The molecule has 0 bridgehead atoms. The molecule has 3 aromatic rings. The van der Waals surface area contributed by atoms with Crippen molar-refractivity contribution in [2.75, 3.05) is 0 Å². The number of fused-ring (bicyclic) bond motifs is 1. The normalized spacial score (nSPS) is 24.4. The van der Waals surface area contributed by atoms with Crippen LogP contribution in [-0.2, 0) is 11.3 Å². The van der Waals surface area contributed by atoms with Crippen LogP contribution in [0.4, 0.5) is 4.39 Å². The minimum Gasteiger partial charge on any atom is -0.330 e. The van der Waals surface area contributed by atoms with Crippen LogP contribution >= 0.6 is 0 Å². The van der Waals surface area contributed by atoms with Gasteiger partial charge in [-0.3, -0.25) is 4.79 Å². The summed E-state index contributed by atoms with van der Waals surface area (Å²) in [6, 6.07) is 25.0. The lowest BCUT2D eigenvalue weighted by Crippen LogP contribution is -2.34. The Kier molecular flexibility index (Phi) is 5.72. The maximum Gasteiger partial charge on any atom is 0.230 e. The van der Waals surface area contributed by atoms with E-state index in [-0.39, 0.29) is 23.7 Å². The summed E-state index contributed by atoms with van der Waals surface area (Å²) in [6.07, 6.45) is 9.88. The fraction of sp³-hybridized carbons (Fsp3) is 0.233. The number of rotatable bonds is 5. The summed E-state index contributed by atoms with van der Waals surface area (Å²) >= 11 is 0. The minimum atomic E-state index is -0.494. The quantitative estimate of drug-likeness (QED) is 0.309. The molecule has 166 valence electrons. The van der Waals surface area contributed by atoms with Crippen molar-refractivity contribution >= 4 is 18.1 Å². The van der Waals surface area contributed by atoms with E-state index in [0.717, 1.165) is 29.5 Å². The number of benzene rings is 3. The number of carbonyl (C=O) groups is 1. The summed E-state index contributed by atoms with van der Waals surface area (Å²) in [7, 11) is 0. The fourth-order valence-corrected chi connectivity index (χ4v) is 5.31. The van der Waals surface area contributed by atoms with E-state index in [9.17, 15) is 4.79 Å². The smallest absolute Gasteiger partial charge is 0.230 e. The summed E-state index contributed by atoms with van der Waals surface area (Å²) in [5.74, 6) is -0.176. The molecule has 3 atom stereocenters. The molecule has 33 heavy (non-hydrogen) atoms. The number of allylic oxidation sites excluding steroid dienone is 1. The first kappa shape index (κ1) is 21.4. The Balaban J connectivity index is 1.50. The van der Waals surface area contributed by atoms with Gasteiger partial charge in [-0.1, -0.05) is 104 Å². The largest absolute Gasteiger partial charge is 0.330 e. The second-order valence-corrected chi connectivity index (χ2v) is 9.30. The molecule has 1 fully saturated rings. The first-order valence-electron chi connectivity index (χ1n) is 11.6. The third kappa shape index (κ3) is 4.04. The van der Waals surface area contributed by atoms with Crippen molar-refractivity contribution in [3.63, 3.8) is 0 Å². The second-order valence-electron chi connectivity index (χ2n) is 9.30. The van der Waals surface area contributed by atoms with Crippen molar-refractivity contribution in [3.05, 3.63) is 119 Å². The van der Waals surface area contributed by atoms with E-state index in [1.54, 1.807) is 6.07 Å². The summed E-state index contributed by atoms with van der Waals surface area (Å²) in [4.78, 5) is 15.5. The summed E-state index contributed by atoms with van der Waals surface area (Å²) in [5.41, 5.74) is 3.04. The van der Waals surface area contributed by atoms with Crippen molar-refractivity contribution in [1.82, 2.24) is 4.90 Å². The van der Waals surface area contributed by atoms with Gasteiger partial charge in [-0.15, -0.1) is 0 Å². The van der Waals surface area contributed by atoms with E-state index in [1.165, 1.54) is 0 Å². The number of carbonyl (C=O) groups excluding carboxylic acids is 1. The number of likely N-dealkylation sites (tertiary alicyclic amines) is 1. The zero-order valence-corrected chi connectivity index (χ0v) is 18.8. The number of halogens is 1. The summed E-state index contributed by atoms with van der Waals surface area (Å²) < 4.78 is 15.6. The van der Waals surface area contributed by atoms with Gasteiger partial charge in [0.1, 0.15) is 5.82 Å². The van der Waals surface area contributed by atoms with Crippen LogP contribution in [0.25, 0.3) is 12.2 Å². The monoisotopic (exact) mass is 437 g/mol. The van der Waals surface area contributed by atoms with Crippen LogP contribution < -0.4 is 0 Å². The molecule has 1 saturated heterocycles. The van der Waals surface area contributed by atoms with E-state index in [1.807, 2.05) is 89.8 Å². The van der Waals surface area contributed by atoms with Crippen molar-refractivity contribution in [2.24, 2.45) is 11.3 Å². The van der Waals surface area contributed by atoms with Gasteiger partial charge in [-0.25, -0.2) is 4.39 Å². The lowest BCUT2D eigenvalue weighted by atomic mass is 9.69. The van der Waals surface area contributed by atoms with Gasteiger partial charge in [0.2, 0.25) is 5.91 Å². The average molecular weight is 438 g/mol. The molecular weight excluding hydrogens is 409 g/mol. The molecule has 2 nitrogen and oxygen atoms in total. The topological polar surface area (TPSA) is 20.3 Å². The molecule has 5 rings (SSSR count). The molecule has 0 spiro atoms. The Bertz CT molecular complexity index is 1200. The van der Waals surface area contributed by atoms with Crippen LogP contribution in [0, 0.1) is 17.2 Å². The van der Waals surface area contributed by atoms with E-state index < -0.39 is 5.41 Å². The van der Waals surface area contributed by atoms with E-state index in [4.69, 9.17) is 0 Å². The van der Waals surface area contributed by atoms with Gasteiger partial charge >= 0.3 is 0 Å². The molecule has 1 amide bonds. The number of hydrogen-bond acceptors (Lipinski definition) is 1. The first-order chi connectivity index (χ1) is 16.1. The van der Waals surface area contributed by atoms with Crippen molar-refractivity contribution in [3.8, 4) is 0 Å². The van der Waals surface area contributed by atoms with Gasteiger partial charge in [0.05, 0.1) is 11.5 Å². The Hall–Kier alpha value is -3.46. The Morgan fingerprint density at radius 1 is 0.970 bits per heavy atom. The van der Waals surface area contributed by atoms with Crippen LogP contribution in [0.5, 0.6) is 0 Å². The molecule has 2 unspecified atom stereocenters. The molecule has 0 saturated carbocycles. The van der Waals surface area contributed by atoms with Gasteiger partial charge in [0, 0.05) is 18.0 Å². The fourth-order valence-electron chi connectivity index (χ4n) is 5.31. The van der Waals surface area contributed by atoms with Crippen molar-refractivity contribution < 1.29 is 9.18 Å². The minimum absolute atomic E-state index is 0.0392. The predicted octanol–water partition coefficient (Wildman–Crippen LogP) is 7.05. The van der Waals surface area contributed by atoms with Crippen molar-refractivity contribution in [2.45, 2.75) is 32.4 Å². The molecule has 0 N–H and O–H groups in total. The second kappa shape index (κ2) is 8.82. The molecule has 3 aromatic carbocycles. The van der Waals surface area contributed by atoms with Crippen LogP contribution in [0.15, 0.2) is 91.0 Å². The van der Waals surface area contributed by atoms with Crippen LogP contribution in [0.3, 0.4) is 0 Å². The molecule has 0 aromatic heterocycles. The Labute approximate surface area is 195 Å².